The third kappa shape index (κ3) is 5.51. The van der Waals surface area contributed by atoms with Gasteiger partial charge in [0.25, 0.3) is 0 Å². The average molecular weight is 523 g/mol. The second-order valence-corrected chi connectivity index (χ2v) is 15.2. The van der Waals surface area contributed by atoms with Crippen LogP contribution in [0.3, 0.4) is 0 Å². The summed E-state index contributed by atoms with van der Waals surface area (Å²) in [5.41, 5.74) is 2.76. The monoisotopic (exact) mass is 522 g/mol. The number of hydrogen-bond acceptors (Lipinski definition) is 5. The molecule has 0 aromatic rings. The van der Waals surface area contributed by atoms with E-state index in [0.717, 1.165) is 26.1 Å². The van der Waals surface area contributed by atoms with E-state index in [1.807, 2.05) is 0 Å². The van der Waals surface area contributed by atoms with Gasteiger partial charge in [-0.25, -0.2) is 8.42 Å². The molecule has 7 heteroatoms. The second kappa shape index (κ2) is 10.8. The van der Waals surface area contributed by atoms with E-state index in [0.29, 0.717) is 49.1 Å². The minimum absolute atomic E-state index is 0.191. The van der Waals surface area contributed by atoms with Gasteiger partial charge in [-0.15, -0.1) is 0 Å². The highest BCUT2D eigenvalue weighted by Gasteiger charge is 2.51. The van der Waals surface area contributed by atoms with Crippen LogP contribution in [0.4, 0.5) is 0 Å². The average Bonchev–Trinajstić information content (AvgIpc) is 3.18. The highest BCUT2D eigenvalue weighted by Crippen LogP contribution is 2.59. The molecule has 0 aromatic heterocycles. The Labute approximate surface area is 219 Å². The smallest absolute Gasteiger partial charge is 0.213 e. The first-order chi connectivity index (χ1) is 16.9. The minimum Gasteiger partial charge on any atom is -0.393 e. The van der Waals surface area contributed by atoms with Gasteiger partial charge < -0.3 is 15.1 Å². The number of allylic oxidation sites excluding steroid dienone is 3. The summed E-state index contributed by atoms with van der Waals surface area (Å²) in [6, 6.07) is 0. The van der Waals surface area contributed by atoms with E-state index in [1.54, 1.807) is 16.8 Å². The van der Waals surface area contributed by atoms with Crippen molar-refractivity contribution in [2.24, 2.45) is 28.6 Å². The molecule has 0 bridgehead atoms. The van der Waals surface area contributed by atoms with Gasteiger partial charge in [-0.3, -0.25) is 0 Å². The number of piperazine rings is 1. The molecule has 206 valence electrons. The number of hydrogen-bond donors (Lipinski definition) is 2. The minimum atomic E-state index is -3.08. The molecule has 0 amide bonds. The van der Waals surface area contributed by atoms with Crippen LogP contribution < -0.4 is 0 Å². The van der Waals surface area contributed by atoms with Crippen molar-refractivity contribution in [3.63, 3.8) is 0 Å². The second-order valence-electron chi connectivity index (χ2n) is 12.9. The van der Waals surface area contributed by atoms with Gasteiger partial charge in [-0.1, -0.05) is 51.0 Å². The number of rotatable bonds is 6. The standard InChI is InChI=1S/C29H50N2O4S/c1-6-36(34,35)31-16-14-30(15-17-31)20-21(2)25-11-12-26-22(8-7-13-29(25,26)5)9-10-23-18-24(32)19-27(33)28(23,3)4/h9-10,21,24-27,32-33H,6-8,11-20H2,1-5H3/b22-9+,23-10-/t21-,24+,25+,26-,27-,29+/m0/s1. The van der Waals surface area contributed by atoms with E-state index in [4.69, 9.17) is 0 Å². The highest BCUT2D eigenvalue weighted by atomic mass is 32.2. The van der Waals surface area contributed by atoms with Crippen molar-refractivity contribution in [3.05, 3.63) is 23.3 Å². The molecule has 0 aromatic carbocycles. The van der Waals surface area contributed by atoms with Crippen molar-refractivity contribution in [1.82, 2.24) is 9.21 Å². The third-order valence-corrected chi connectivity index (χ3v) is 12.4. The molecule has 1 saturated heterocycles. The maximum Gasteiger partial charge on any atom is 0.213 e. The van der Waals surface area contributed by atoms with Crippen LogP contribution in [0.5, 0.6) is 0 Å². The molecule has 6 nitrogen and oxygen atoms in total. The quantitative estimate of drug-likeness (QED) is 0.546. The molecule has 4 fully saturated rings. The molecule has 1 heterocycles. The van der Waals surface area contributed by atoms with E-state index >= 15 is 0 Å². The Hall–Kier alpha value is -0.730. The predicted molar refractivity (Wildman–Crippen MR) is 146 cm³/mol. The van der Waals surface area contributed by atoms with E-state index in [1.165, 1.54) is 31.3 Å². The molecule has 36 heavy (non-hydrogen) atoms. The van der Waals surface area contributed by atoms with Crippen molar-refractivity contribution >= 4 is 10.0 Å². The van der Waals surface area contributed by atoms with Crippen LogP contribution in [0.25, 0.3) is 0 Å². The van der Waals surface area contributed by atoms with E-state index < -0.39 is 22.2 Å². The summed E-state index contributed by atoms with van der Waals surface area (Å²) in [7, 11) is -3.08. The van der Waals surface area contributed by atoms with Gasteiger partial charge in [-0.05, 0) is 68.6 Å². The zero-order valence-electron chi connectivity index (χ0n) is 23.2. The SMILES string of the molecule is CCS(=O)(=O)N1CCN(C[C@H](C)[C@H]2CC[C@H]3/C(=C/C=C4/C[C@@H](O)C[C@H](O)C4(C)C)CCC[C@]23C)CC1. The molecular formula is C29H50N2O4S. The highest BCUT2D eigenvalue weighted by molar-refractivity contribution is 7.89. The van der Waals surface area contributed by atoms with Gasteiger partial charge in [0.2, 0.25) is 10.0 Å². The molecule has 3 aliphatic carbocycles. The van der Waals surface area contributed by atoms with Crippen LogP contribution in [-0.2, 0) is 10.0 Å². The Bertz CT molecular complexity index is 950. The molecule has 3 saturated carbocycles. The Balaban J connectivity index is 1.42. The van der Waals surface area contributed by atoms with Crippen LogP contribution >= 0.6 is 0 Å². The van der Waals surface area contributed by atoms with Crippen molar-refractivity contribution in [2.75, 3.05) is 38.5 Å². The van der Waals surface area contributed by atoms with Gasteiger partial charge in [0.05, 0.1) is 18.0 Å². The van der Waals surface area contributed by atoms with E-state index in [2.05, 4.69) is 44.7 Å². The lowest BCUT2D eigenvalue weighted by Gasteiger charge is -2.45. The number of fused-ring (bicyclic) bond motifs is 1. The fraction of sp³-hybridized carbons (Fsp3) is 0.862. The summed E-state index contributed by atoms with van der Waals surface area (Å²) in [6.45, 7) is 14.8. The van der Waals surface area contributed by atoms with Crippen LogP contribution in [0.2, 0.25) is 0 Å². The molecule has 0 radical (unpaired) electrons. The molecule has 2 N–H and O–H groups in total. The predicted octanol–water partition coefficient (Wildman–Crippen LogP) is 4.20. The van der Waals surface area contributed by atoms with E-state index in [-0.39, 0.29) is 11.2 Å². The normalized spacial score (nSPS) is 39.4. The number of aliphatic hydroxyl groups is 2. The lowest BCUT2D eigenvalue weighted by atomic mass is 9.61. The van der Waals surface area contributed by atoms with Crippen molar-refractivity contribution in [3.8, 4) is 0 Å². The lowest BCUT2D eigenvalue weighted by molar-refractivity contribution is -0.00660. The zero-order chi connectivity index (χ0) is 26.3. The van der Waals surface area contributed by atoms with Gasteiger partial charge in [0.1, 0.15) is 0 Å². The summed E-state index contributed by atoms with van der Waals surface area (Å²) in [5, 5.41) is 20.8. The summed E-state index contributed by atoms with van der Waals surface area (Å²) in [4.78, 5) is 2.48. The Morgan fingerprint density at radius 3 is 2.44 bits per heavy atom. The fourth-order valence-electron chi connectivity index (χ4n) is 7.98. The summed E-state index contributed by atoms with van der Waals surface area (Å²) < 4.78 is 26.1. The molecule has 4 rings (SSSR count). The maximum atomic E-state index is 12.2. The maximum absolute atomic E-state index is 12.2. The van der Waals surface area contributed by atoms with Gasteiger partial charge >= 0.3 is 0 Å². The first kappa shape index (κ1) is 28.3. The zero-order valence-corrected chi connectivity index (χ0v) is 24.1. The Morgan fingerprint density at radius 2 is 1.78 bits per heavy atom. The third-order valence-electron chi connectivity index (χ3n) is 10.5. The Kier molecular flexibility index (Phi) is 8.48. The van der Waals surface area contributed by atoms with Gasteiger partial charge in [-0.2, -0.15) is 4.31 Å². The summed E-state index contributed by atoms with van der Waals surface area (Å²) in [5.74, 6) is 2.08. The Morgan fingerprint density at radius 1 is 1.08 bits per heavy atom. The topological polar surface area (TPSA) is 81.1 Å². The van der Waals surface area contributed by atoms with Crippen molar-refractivity contribution in [1.29, 1.82) is 0 Å². The molecule has 1 aliphatic heterocycles. The number of sulfonamides is 1. The lowest BCUT2D eigenvalue weighted by Crippen LogP contribution is -2.50. The number of aliphatic hydroxyl groups excluding tert-OH is 2. The molecular weight excluding hydrogens is 472 g/mol. The van der Waals surface area contributed by atoms with Gasteiger partial charge in [0, 0.05) is 44.6 Å². The molecule has 0 unspecified atom stereocenters. The van der Waals surface area contributed by atoms with Crippen LogP contribution in [0.1, 0.15) is 79.6 Å². The number of nitrogens with zero attached hydrogens (tertiary/aromatic N) is 2. The fourth-order valence-corrected chi connectivity index (χ4v) is 9.06. The largest absolute Gasteiger partial charge is 0.393 e. The van der Waals surface area contributed by atoms with Gasteiger partial charge in [0.15, 0.2) is 0 Å². The summed E-state index contributed by atoms with van der Waals surface area (Å²) in [6.07, 6.45) is 10.9. The van der Waals surface area contributed by atoms with Crippen molar-refractivity contribution in [2.45, 2.75) is 91.8 Å². The summed E-state index contributed by atoms with van der Waals surface area (Å²) >= 11 is 0. The van der Waals surface area contributed by atoms with Crippen LogP contribution in [0.15, 0.2) is 23.3 Å². The van der Waals surface area contributed by atoms with Crippen LogP contribution in [0, 0.1) is 28.6 Å². The first-order valence-corrected chi connectivity index (χ1v) is 16.0. The molecule has 6 atom stereocenters. The first-order valence-electron chi connectivity index (χ1n) is 14.3. The van der Waals surface area contributed by atoms with E-state index in [9.17, 15) is 18.6 Å². The molecule has 4 aliphatic rings. The van der Waals surface area contributed by atoms with Crippen molar-refractivity contribution < 1.29 is 18.6 Å². The molecule has 0 spiro atoms. The van der Waals surface area contributed by atoms with Crippen LogP contribution in [-0.4, -0.2) is 78.5 Å².